The minimum absolute atomic E-state index is 0.0874. The summed E-state index contributed by atoms with van der Waals surface area (Å²) in [7, 11) is 0. The van der Waals surface area contributed by atoms with Crippen molar-refractivity contribution in [2.75, 3.05) is 0 Å². The van der Waals surface area contributed by atoms with Crippen LogP contribution in [-0.2, 0) is 14.4 Å². The van der Waals surface area contributed by atoms with Gasteiger partial charge >= 0.3 is 5.97 Å². The number of ketones is 1. The van der Waals surface area contributed by atoms with Gasteiger partial charge in [0.1, 0.15) is 11.5 Å². The predicted octanol–water partition coefficient (Wildman–Crippen LogP) is 4.37. The molecule has 0 aromatic rings. The molecule has 0 aliphatic heterocycles. The summed E-state index contributed by atoms with van der Waals surface area (Å²) >= 11 is 0. The number of hydrogen-bond acceptors (Lipinski definition) is 3. The van der Waals surface area contributed by atoms with E-state index in [9.17, 15) is 19.5 Å². The number of carboxylic acid groups (broad SMARTS) is 1. The van der Waals surface area contributed by atoms with Gasteiger partial charge in [-0.1, -0.05) is 19.4 Å². The zero-order valence-electron chi connectivity index (χ0n) is 16.4. The molecule has 3 saturated carbocycles. The molecule has 0 bridgehead atoms. The SMILES string of the molecule is C[C@]12CC[C@H]3[C@@H](CCC4=CC(=O)CC[C@@]43C)[C@@H]1CC[C@H]2CC(=C=O)C(=O)O. The maximum atomic E-state index is 11.9. The molecular weight excluding hydrogens is 340 g/mol. The Hall–Kier alpha value is -1.67. The van der Waals surface area contributed by atoms with Gasteiger partial charge in [0.05, 0.1) is 0 Å². The molecule has 0 aromatic carbocycles. The van der Waals surface area contributed by atoms with E-state index in [1.807, 2.05) is 6.08 Å². The minimum Gasteiger partial charge on any atom is -0.477 e. The number of carboxylic acids is 1. The third-order valence-corrected chi connectivity index (χ3v) is 8.99. The molecule has 146 valence electrons. The Morgan fingerprint density at radius 3 is 2.63 bits per heavy atom. The summed E-state index contributed by atoms with van der Waals surface area (Å²) < 4.78 is 0. The van der Waals surface area contributed by atoms with Gasteiger partial charge < -0.3 is 5.11 Å². The van der Waals surface area contributed by atoms with Crippen molar-refractivity contribution in [3.05, 3.63) is 17.2 Å². The summed E-state index contributed by atoms with van der Waals surface area (Å²) in [5.41, 5.74) is 1.59. The summed E-state index contributed by atoms with van der Waals surface area (Å²) in [6, 6.07) is 0. The fourth-order valence-corrected chi connectivity index (χ4v) is 7.42. The molecule has 0 aromatic heterocycles. The van der Waals surface area contributed by atoms with E-state index in [1.165, 1.54) is 5.57 Å². The Morgan fingerprint density at radius 1 is 1.15 bits per heavy atom. The van der Waals surface area contributed by atoms with Crippen molar-refractivity contribution in [3.63, 3.8) is 0 Å². The van der Waals surface area contributed by atoms with E-state index in [4.69, 9.17) is 0 Å². The van der Waals surface area contributed by atoms with Gasteiger partial charge in [0.15, 0.2) is 5.78 Å². The van der Waals surface area contributed by atoms with Gasteiger partial charge in [-0.15, -0.1) is 0 Å². The lowest BCUT2D eigenvalue weighted by atomic mass is 9.46. The zero-order valence-corrected chi connectivity index (χ0v) is 16.4. The number of rotatable bonds is 3. The Bertz CT molecular complexity index is 758. The molecule has 0 heterocycles. The van der Waals surface area contributed by atoms with Crippen LogP contribution in [0.4, 0.5) is 0 Å². The van der Waals surface area contributed by atoms with Crippen LogP contribution in [0, 0.1) is 34.5 Å². The Morgan fingerprint density at radius 2 is 1.93 bits per heavy atom. The number of carbonyl (C=O) groups is 2. The molecule has 27 heavy (non-hydrogen) atoms. The highest BCUT2D eigenvalue weighted by atomic mass is 16.4. The molecule has 0 spiro atoms. The first-order valence-electron chi connectivity index (χ1n) is 10.5. The Labute approximate surface area is 161 Å². The number of fused-ring (bicyclic) bond motifs is 5. The lowest BCUT2D eigenvalue weighted by Crippen LogP contribution is -2.50. The van der Waals surface area contributed by atoms with Crippen LogP contribution in [0.15, 0.2) is 17.2 Å². The van der Waals surface area contributed by atoms with E-state index in [2.05, 4.69) is 13.8 Å². The highest BCUT2D eigenvalue weighted by molar-refractivity contribution is 5.95. The molecule has 3 fully saturated rings. The molecule has 4 aliphatic carbocycles. The largest absolute Gasteiger partial charge is 0.477 e. The molecule has 0 radical (unpaired) electrons. The van der Waals surface area contributed by atoms with Crippen LogP contribution in [0.2, 0.25) is 0 Å². The fraction of sp³-hybridized carbons (Fsp3) is 0.739. The molecular formula is C23H30O4. The highest BCUT2D eigenvalue weighted by Gasteiger charge is 2.58. The standard InChI is InChI=1S/C23H30O4/c1-22-9-7-17(25)12-16(22)3-5-18-19-6-4-15(11-14(13-24)21(26)27)23(19,2)10-8-20(18)22/h12,15,18-20H,3-11H2,1-2H3,(H,26,27)/t15-,18-,19-,20-,22-,23+/m0/s1. The third kappa shape index (κ3) is 2.76. The average molecular weight is 370 g/mol. The lowest BCUT2D eigenvalue weighted by Gasteiger charge is -2.58. The maximum Gasteiger partial charge on any atom is 0.342 e. The molecule has 4 aliphatic rings. The Kier molecular flexibility index (Phi) is 4.46. The number of carbonyl (C=O) groups excluding carboxylic acids is 2. The van der Waals surface area contributed by atoms with E-state index in [0.29, 0.717) is 36.4 Å². The molecule has 4 heteroatoms. The summed E-state index contributed by atoms with van der Waals surface area (Å²) in [5, 5.41) is 9.25. The van der Waals surface area contributed by atoms with Crippen molar-refractivity contribution in [3.8, 4) is 0 Å². The lowest BCUT2D eigenvalue weighted by molar-refractivity contribution is -0.133. The molecule has 1 N–H and O–H groups in total. The molecule has 4 rings (SSSR count). The van der Waals surface area contributed by atoms with Gasteiger partial charge in [0, 0.05) is 6.42 Å². The number of aliphatic carboxylic acids is 1. The van der Waals surface area contributed by atoms with Gasteiger partial charge in [0.2, 0.25) is 0 Å². The van der Waals surface area contributed by atoms with Crippen molar-refractivity contribution in [1.29, 1.82) is 0 Å². The van der Waals surface area contributed by atoms with Gasteiger partial charge in [-0.3, -0.25) is 4.79 Å². The van der Waals surface area contributed by atoms with Crippen molar-refractivity contribution in [2.24, 2.45) is 34.5 Å². The predicted molar refractivity (Wildman–Crippen MR) is 102 cm³/mol. The summed E-state index contributed by atoms with van der Waals surface area (Å²) in [5.74, 6) is 3.04. The van der Waals surface area contributed by atoms with Gasteiger partial charge in [0.25, 0.3) is 0 Å². The van der Waals surface area contributed by atoms with Gasteiger partial charge in [-0.25, -0.2) is 9.59 Å². The van der Waals surface area contributed by atoms with E-state index in [-0.39, 0.29) is 22.3 Å². The Balaban J connectivity index is 1.59. The monoisotopic (exact) mass is 370 g/mol. The van der Waals surface area contributed by atoms with Crippen LogP contribution in [-0.4, -0.2) is 22.8 Å². The number of hydrogen-bond donors (Lipinski definition) is 1. The summed E-state index contributed by atoms with van der Waals surface area (Å²) in [6.07, 6.45) is 10.6. The quantitative estimate of drug-likeness (QED) is 0.591. The van der Waals surface area contributed by atoms with E-state index in [0.717, 1.165) is 44.9 Å². The molecule has 0 amide bonds. The first kappa shape index (κ1) is 18.7. The van der Waals surface area contributed by atoms with Crippen LogP contribution < -0.4 is 0 Å². The van der Waals surface area contributed by atoms with Crippen molar-refractivity contribution >= 4 is 17.7 Å². The third-order valence-electron chi connectivity index (χ3n) is 8.99. The topological polar surface area (TPSA) is 71.4 Å². The first-order chi connectivity index (χ1) is 12.8. The summed E-state index contributed by atoms with van der Waals surface area (Å²) in [4.78, 5) is 34.3. The minimum atomic E-state index is -1.11. The van der Waals surface area contributed by atoms with E-state index in [1.54, 1.807) is 5.94 Å². The smallest absolute Gasteiger partial charge is 0.342 e. The van der Waals surface area contributed by atoms with E-state index < -0.39 is 5.97 Å². The maximum absolute atomic E-state index is 11.9. The second-order valence-corrected chi connectivity index (χ2v) is 9.88. The highest BCUT2D eigenvalue weighted by Crippen LogP contribution is 2.67. The van der Waals surface area contributed by atoms with Gasteiger partial charge in [-0.2, -0.15) is 0 Å². The van der Waals surface area contributed by atoms with Crippen molar-refractivity contribution < 1.29 is 19.5 Å². The molecule has 4 nitrogen and oxygen atoms in total. The number of allylic oxidation sites excluding steroid dienone is 1. The van der Waals surface area contributed by atoms with Gasteiger partial charge in [-0.05, 0) is 91.9 Å². The molecule has 0 saturated heterocycles. The first-order valence-corrected chi connectivity index (χ1v) is 10.5. The summed E-state index contributed by atoms with van der Waals surface area (Å²) in [6.45, 7) is 4.72. The second-order valence-electron chi connectivity index (χ2n) is 9.88. The van der Waals surface area contributed by atoms with Crippen LogP contribution in [0.1, 0.15) is 71.6 Å². The fourth-order valence-electron chi connectivity index (χ4n) is 7.42. The van der Waals surface area contributed by atoms with Crippen LogP contribution in [0.25, 0.3) is 0 Å². The second kappa shape index (κ2) is 6.44. The van der Waals surface area contributed by atoms with Crippen LogP contribution >= 0.6 is 0 Å². The average Bonchev–Trinajstić information content (AvgIpc) is 2.96. The van der Waals surface area contributed by atoms with Crippen LogP contribution in [0.3, 0.4) is 0 Å². The zero-order chi connectivity index (χ0) is 19.4. The molecule has 0 unspecified atom stereocenters. The van der Waals surface area contributed by atoms with Crippen molar-refractivity contribution in [1.82, 2.24) is 0 Å². The van der Waals surface area contributed by atoms with Crippen LogP contribution in [0.5, 0.6) is 0 Å². The molecule has 6 atom stereocenters. The normalized spacial score (nSPS) is 43.0. The van der Waals surface area contributed by atoms with Crippen molar-refractivity contribution in [2.45, 2.75) is 71.6 Å². The van der Waals surface area contributed by atoms with E-state index >= 15 is 0 Å².